The van der Waals surface area contributed by atoms with Crippen molar-refractivity contribution in [2.45, 2.75) is 93.5 Å². The minimum atomic E-state index is -3.74. The molecule has 0 bridgehead atoms. The lowest BCUT2D eigenvalue weighted by molar-refractivity contribution is 0.0344. The van der Waals surface area contributed by atoms with E-state index in [4.69, 9.17) is 9.47 Å². The van der Waals surface area contributed by atoms with E-state index in [2.05, 4.69) is 102 Å². The topological polar surface area (TPSA) is 52.6 Å². The predicted molar refractivity (Wildman–Crippen MR) is 215 cm³/mol. The monoisotopic (exact) mass is 714 g/mol. The second-order valence-corrected chi connectivity index (χ2v) is 16.8. The lowest BCUT2D eigenvalue weighted by Crippen LogP contribution is -2.27. The molecule has 51 heavy (non-hydrogen) atoms. The van der Waals surface area contributed by atoms with Crippen LogP contribution in [-0.2, 0) is 19.3 Å². The summed E-state index contributed by atoms with van der Waals surface area (Å²) >= 11 is 1.30. The summed E-state index contributed by atoms with van der Waals surface area (Å²) in [6.07, 6.45) is 2.99. The van der Waals surface area contributed by atoms with Gasteiger partial charge in [-0.25, -0.2) is 8.42 Å². The predicted octanol–water partition coefficient (Wildman–Crippen LogP) is 11.4. The van der Waals surface area contributed by atoms with Gasteiger partial charge in [0.15, 0.2) is 0 Å². The van der Waals surface area contributed by atoms with E-state index >= 15 is 0 Å². The van der Waals surface area contributed by atoms with Crippen LogP contribution in [0.5, 0.6) is 0 Å². The number of hydrogen-bond donors (Lipinski definition) is 0. The van der Waals surface area contributed by atoms with Crippen molar-refractivity contribution in [3.63, 3.8) is 0 Å². The molecule has 0 spiro atoms. The van der Waals surface area contributed by atoms with Gasteiger partial charge in [-0.05, 0) is 112 Å². The van der Waals surface area contributed by atoms with Gasteiger partial charge in [-0.1, -0.05) is 102 Å². The Labute approximate surface area is 307 Å². The van der Waals surface area contributed by atoms with Gasteiger partial charge >= 0.3 is 0 Å². The lowest BCUT2D eigenvalue weighted by atomic mass is 9.88. The number of hydrogen-bond acceptors (Lipinski definition) is 5. The lowest BCUT2D eigenvalue weighted by Gasteiger charge is -2.24. The fraction of sp³-hybridized carbons (Fsp3) is 0.333. The average Bonchev–Trinajstić information content (AvgIpc) is 3.59. The molecule has 0 saturated carbocycles. The Morgan fingerprint density at radius 3 is 1.53 bits per heavy atom. The Hall–Kier alpha value is -4.17. The molecule has 6 aromatic rings. The summed E-state index contributed by atoms with van der Waals surface area (Å²) in [5, 5.41) is 6.93. The first-order valence-corrected chi connectivity index (χ1v) is 20.1. The number of fused-ring (bicyclic) bond motifs is 4. The molecule has 4 nitrogen and oxygen atoms in total. The maximum absolute atomic E-state index is 14.0. The van der Waals surface area contributed by atoms with Gasteiger partial charge in [0.05, 0.1) is 4.90 Å². The van der Waals surface area contributed by atoms with Gasteiger partial charge in [-0.3, -0.25) is 0 Å². The molecule has 0 aliphatic carbocycles. The summed E-state index contributed by atoms with van der Waals surface area (Å²) < 4.78 is 41.2. The molecule has 0 N–H and O–H groups in total. The Morgan fingerprint density at radius 2 is 1.10 bits per heavy atom. The zero-order valence-electron chi connectivity index (χ0n) is 30.9. The highest BCUT2D eigenvalue weighted by atomic mass is 32.2. The highest BCUT2D eigenvalue weighted by Crippen LogP contribution is 2.41. The van der Waals surface area contributed by atoms with Gasteiger partial charge in [0, 0.05) is 35.4 Å². The number of benzene rings is 5. The number of rotatable bonds is 9. The van der Waals surface area contributed by atoms with E-state index in [9.17, 15) is 8.42 Å². The first-order chi connectivity index (χ1) is 24.5. The van der Waals surface area contributed by atoms with Crippen LogP contribution in [0, 0.1) is 23.7 Å². The van der Waals surface area contributed by atoms with Gasteiger partial charge < -0.3 is 9.47 Å². The molecule has 6 rings (SSSR count). The maximum Gasteiger partial charge on any atom is 0.215 e. The highest BCUT2D eigenvalue weighted by Gasteiger charge is 2.26. The molecule has 0 amide bonds. The molecule has 5 aromatic carbocycles. The fourth-order valence-corrected chi connectivity index (χ4v) is 9.68. The zero-order valence-corrected chi connectivity index (χ0v) is 32.5. The van der Waals surface area contributed by atoms with Crippen LogP contribution >= 0.6 is 11.3 Å². The van der Waals surface area contributed by atoms with Crippen molar-refractivity contribution in [1.82, 2.24) is 0 Å². The van der Waals surface area contributed by atoms with Crippen molar-refractivity contribution in [2.75, 3.05) is 14.2 Å². The van der Waals surface area contributed by atoms with Crippen molar-refractivity contribution in [3.05, 3.63) is 95.6 Å². The third-order valence-corrected chi connectivity index (χ3v) is 14.0. The van der Waals surface area contributed by atoms with Crippen molar-refractivity contribution in [3.8, 4) is 23.7 Å². The molecule has 0 saturated heterocycles. The van der Waals surface area contributed by atoms with Crippen LogP contribution in [0.15, 0.2) is 88.0 Å². The first-order valence-electron chi connectivity index (χ1n) is 17.8. The minimum absolute atomic E-state index is 0.295. The summed E-state index contributed by atoms with van der Waals surface area (Å²) in [5.74, 6) is 14.6. The Kier molecular flexibility index (Phi) is 10.4. The van der Waals surface area contributed by atoms with Crippen LogP contribution in [0.1, 0.15) is 89.8 Å². The highest BCUT2D eigenvalue weighted by molar-refractivity contribution is 7.93. The van der Waals surface area contributed by atoms with E-state index in [0.717, 1.165) is 84.8 Å². The van der Waals surface area contributed by atoms with E-state index in [1.807, 2.05) is 24.3 Å². The van der Waals surface area contributed by atoms with Crippen molar-refractivity contribution >= 4 is 63.6 Å². The van der Waals surface area contributed by atoms with Crippen molar-refractivity contribution in [2.24, 2.45) is 0 Å². The SMILES string of the molecule is CCC(C#Cc1c2cc3ccccc3cc2c(C#CC(CC)(CC)OC)c2cc3sc(S(=O)(=O)c4ccc(C(C)C)cc4)cc3cc12)(CC)OC. The molecule has 0 aliphatic rings. The largest absolute Gasteiger partial charge is 0.366 e. The quantitative estimate of drug-likeness (QED) is 0.110. The minimum Gasteiger partial charge on any atom is -0.366 e. The van der Waals surface area contributed by atoms with E-state index < -0.39 is 21.0 Å². The smallest absolute Gasteiger partial charge is 0.215 e. The molecule has 0 radical (unpaired) electrons. The molecule has 0 aliphatic heterocycles. The standard InChI is InChI=1S/C45H46O4S2/c1-9-44(10-2,48-7)23-21-36-38-25-32-15-13-14-16-33(32)26-39(38)37(22-24-45(11-3,12-4)49-8)41-29-42-34(27-40(36)41)28-43(50-42)51(46,47)35-19-17-31(18-20-35)30(5)6/h13-20,25-30H,9-12H2,1-8H3. The van der Waals surface area contributed by atoms with Crippen LogP contribution < -0.4 is 0 Å². The summed E-state index contributed by atoms with van der Waals surface area (Å²) in [7, 11) is -0.291. The van der Waals surface area contributed by atoms with Gasteiger partial charge in [-0.2, -0.15) is 0 Å². The van der Waals surface area contributed by atoms with E-state index in [0.29, 0.717) is 15.0 Å². The molecule has 1 aromatic heterocycles. The van der Waals surface area contributed by atoms with Crippen LogP contribution in [0.3, 0.4) is 0 Å². The molecule has 0 fully saturated rings. The normalized spacial score (nSPS) is 12.4. The second kappa shape index (κ2) is 14.5. The van der Waals surface area contributed by atoms with Crippen LogP contribution in [-0.4, -0.2) is 33.8 Å². The van der Waals surface area contributed by atoms with Gasteiger partial charge in [0.1, 0.15) is 15.4 Å². The molecular weight excluding hydrogens is 669 g/mol. The molecule has 1 heterocycles. The summed E-state index contributed by atoms with van der Waals surface area (Å²) in [6.45, 7) is 12.6. The number of ether oxygens (including phenoxy) is 2. The second-order valence-electron chi connectivity index (χ2n) is 13.5. The molecular formula is C45H46O4S2. The van der Waals surface area contributed by atoms with Crippen LogP contribution in [0.25, 0.3) is 42.4 Å². The number of thiophene rings is 1. The zero-order chi connectivity index (χ0) is 36.6. The third kappa shape index (κ3) is 6.68. The average molecular weight is 715 g/mol. The first kappa shape index (κ1) is 36.6. The van der Waals surface area contributed by atoms with E-state index in [-0.39, 0.29) is 0 Å². The Morgan fingerprint density at radius 1 is 0.647 bits per heavy atom. The molecule has 0 unspecified atom stereocenters. The van der Waals surface area contributed by atoms with Crippen LogP contribution in [0.4, 0.5) is 0 Å². The van der Waals surface area contributed by atoms with Gasteiger partial charge in [-0.15, -0.1) is 11.3 Å². The van der Waals surface area contributed by atoms with Gasteiger partial charge in [0.25, 0.3) is 0 Å². The Balaban J connectivity index is 1.73. The summed E-state index contributed by atoms with van der Waals surface area (Å²) in [4.78, 5) is 0.295. The van der Waals surface area contributed by atoms with E-state index in [1.165, 1.54) is 11.3 Å². The fourth-order valence-electron chi connectivity index (χ4n) is 6.86. The number of sulfone groups is 1. The molecule has 6 heteroatoms. The Bertz CT molecular complexity index is 2340. The number of methoxy groups -OCH3 is 2. The van der Waals surface area contributed by atoms with Crippen LogP contribution in [0.2, 0.25) is 0 Å². The van der Waals surface area contributed by atoms with Gasteiger partial charge in [0.2, 0.25) is 9.84 Å². The molecule has 262 valence electrons. The maximum atomic E-state index is 14.0. The summed E-state index contributed by atoms with van der Waals surface area (Å²) in [5.41, 5.74) is 1.68. The molecule has 0 atom stereocenters. The third-order valence-electron chi connectivity index (χ3n) is 10.6. The summed E-state index contributed by atoms with van der Waals surface area (Å²) in [6, 6.07) is 26.0. The van der Waals surface area contributed by atoms with Crippen molar-refractivity contribution in [1.29, 1.82) is 0 Å². The van der Waals surface area contributed by atoms with Crippen molar-refractivity contribution < 1.29 is 17.9 Å². The van der Waals surface area contributed by atoms with E-state index in [1.54, 1.807) is 32.4 Å².